The first-order chi connectivity index (χ1) is 10.6. The largest absolute Gasteiger partial charge is 0.507 e. The second-order valence-corrected chi connectivity index (χ2v) is 5.21. The van der Waals surface area contributed by atoms with E-state index in [1.807, 2.05) is 37.3 Å². The number of aromatic nitrogens is 1. The number of aryl methyl sites for hydroxylation is 2. The molecule has 4 nitrogen and oxygen atoms in total. The SMILES string of the molecule is Cc1cc(N/N=C/c2ccccc2O)c2c(C)cccc2n1. The molecule has 0 unspecified atom stereocenters. The molecule has 0 saturated carbocycles. The zero-order chi connectivity index (χ0) is 15.5. The lowest BCUT2D eigenvalue weighted by Gasteiger charge is -2.09. The Morgan fingerprint density at radius 2 is 1.91 bits per heavy atom. The van der Waals surface area contributed by atoms with Crippen molar-refractivity contribution >= 4 is 22.8 Å². The molecule has 1 aromatic heterocycles. The number of nitrogens with zero attached hydrogens (tertiary/aromatic N) is 2. The van der Waals surface area contributed by atoms with E-state index in [2.05, 4.69) is 28.5 Å². The van der Waals surface area contributed by atoms with E-state index in [0.717, 1.165) is 27.8 Å². The molecular formula is C18H17N3O. The highest BCUT2D eigenvalue weighted by molar-refractivity contribution is 5.94. The van der Waals surface area contributed by atoms with Crippen LogP contribution in [0.15, 0.2) is 53.6 Å². The molecule has 3 aromatic rings. The predicted molar refractivity (Wildman–Crippen MR) is 90.5 cm³/mol. The molecule has 2 aromatic carbocycles. The first kappa shape index (κ1) is 14.1. The number of rotatable bonds is 3. The summed E-state index contributed by atoms with van der Waals surface area (Å²) in [7, 11) is 0. The highest BCUT2D eigenvalue weighted by Crippen LogP contribution is 2.26. The van der Waals surface area contributed by atoms with Gasteiger partial charge in [-0.1, -0.05) is 24.3 Å². The van der Waals surface area contributed by atoms with E-state index in [1.165, 1.54) is 0 Å². The molecule has 22 heavy (non-hydrogen) atoms. The molecule has 110 valence electrons. The Morgan fingerprint density at radius 3 is 2.73 bits per heavy atom. The van der Waals surface area contributed by atoms with Gasteiger partial charge in [0.1, 0.15) is 5.75 Å². The van der Waals surface area contributed by atoms with Crippen molar-refractivity contribution < 1.29 is 5.11 Å². The van der Waals surface area contributed by atoms with Crippen LogP contribution in [0.2, 0.25) is 0 Å². The highest BCUT2D eigenvalue weighted by Gasteiger charge is 2.05. The summed E-state index contributed by atoms with van der Waals surface area (Å²) in [6, 6.07) is 15.1. The maximum atomic E-state index is 9.74. The van der Waals surface area contributed by atoms with Crippen LogP contribution < -0.4 is 5.43 Å². The van der Waals surface area contributed by atoms with E-state index in [1.54, 1.807) is 18.3 Å². The van der Waals surface area contributed by atoms with Crippen LogP contribution >= 0.6 is 0 Å². The Hall–Kier alpha value is -2.88. The number of aromatic hydroxyl groups is 1. The number of phenols is 1. The minimum atomic E-state index is 0.208. The van der Waals surface area contributed by atoms with Gasteiger partial charge in [0.05, 0.1) is 17.4 Å². The molecule has 0 radical (unpaired) electrons. The number of phenolic OH excluding ortho intramolecular Hbond substituents is 1. The lowest BCUT2D eigenvalue weighted by molar-refractivity contribution is 0.474. The Kier molecular flexibility index (Phi) is 3.74. The van der Waals surface area contributed by atoms with Crippen LogP contribution in [0.3, 0.4) is 0 Å². The molecular weight excluding hydrogens is 274 g/mol. The first-order valence-corrected chi connectivity index (χ1v) is 7.09. The van der Waals surface area contributed by atoms with E-state index in [-0.39, 0.29) is 5.75 Å². The minimum absolute atomic E-state index is 0.208. The van der Waals surface area contributed by atoms with Crippen LogP contribution in [-0.2, 0) is 0 Å². The number of anilines is 1. The summed E-state index contributed by atoms with van der Waals surface area (Å²) < 4.78 is 0. The van der Waals surface area contributed by atoms with Gasteiger partial charge in [-0.2, -0.15) is 5.10 Å². The van der Waals surface area contributed by atoms with Gasteiger partial charge in [-0.3, -0.25) is 10.4 Å². The van der Waals surface area contributed by atoms with Crippen molar-refractivity contribution in [2.75, 3.05) is 5.43 Å². The van der Waals surface area contributed by atoms with E-state index >= 15 is 0 Å². The number of hydrogen-bond acceptors (Lipinski definition) is 4. The van der Waals surface area contributed by atoms with Crippen LogP contribution in [0.5, 0.6) is 5.75 Å². The Labute approximate surface area is 129 Å². The molecule has 0 aliphatic carbocycles. The Bertz CT molecular complexity index is 856. The summed E-state index contributed by atoms with van der Waals surface area (Å²) in [6.07, 6.45) is 1.61. The fourth-order valence-corrected chi connectivity index (χ4v) is 2.46. The van der Waals surface area contributed by atoms with Crippen LogP contribution in [0, 0.1) is 13.8 Å². The number of pyridine rings is 1. The number of benzene rings is 2. The summed E-state index contributed by atoms with van der Waals surface area (Å²) in [4.78, 5) is 4.55. The summed E-state index contributed by atoms with van der Waals surface area (Å²) in [5.41, 5.74) is 7.66. The summed E-state index contributed by atoms with van der Waals surface area (Å²) >= 11 is 0. The topological polar surface area (TPSA) is 57.5 Å². The maximum absolute atomic E-state index is 9.74. The van der Waals surface area contributed by atoms with Crippen LogP contribution in [-0.4, -0.2) is 16.3 Å². The smallest absolute Gasteiger partial charge is 0.124 e. The van der Waals surface area contributed by atoms with Gasteiger partial charge in [0.25, 0.3) is 0 Å². The third-order valence-corrected chi connectivity index (χ3v) is 3.50. The normalized spacial score (nSPS) is 11.2. The maximum Gasteiger partial charge on any atom is 0.124 e. The lowest BCUT2D eigenvalue weighted by atomic mass is 10.1. The predicted octanol–water partition coefficient (Wildman–Crippen LogP) is 4.00. The van der Waals surface area contributed by atoms with Gasteiger partial charge in [-0.05, 0) is 43.7 Å². The molecule has 0 aliphatic rings. The van der Waals surface area contributed by atoms with Gasteiger partial charge in [-0.25, -0.2) is 0 Å². The van der Waals surface area contributed by atoms with Crippen LogP contribution in [0.4, 0.5) is 5.69 Å². The highest BCUT2D eigenvalue weighted by atomic mass is 16.3. The molecule has 3 rings (SSSR count). The average molecular weight is 291 g/mol. The molecule has 0 spiro atoms. The lowest BCUT2D eigenvalue weighted by Crippen LogP contribution is -1.96. The molecule has 1 heterocycles. The monoisotopic (exact) mass is 291 g/mol. The van der Waals surface area contributed by atoms with Crippen LogP contribution in [0.25, 0.3) is 10.9 Å². The third-order valence-electron chi connectivity index (χ3n) is 3.50. The quantitative estimate of drug-likeness (QED) is 0.566. The fraction of sp³-hybridized carbons (Fsp3) is 0.111. The molecule has 0 bridgehead atoms. The average Bonchev–Trinajstić information content (AvgIpc) is 2.49. The molecule has 4 heteroatoms. The van der Waals surface area contributed by atoms with E-state index in [9.17, 15) is 5.11 Å². The van der Waals surface area contributed by atoms with Crippen molar-refractivity contribution in [2.45, 2.75) is 13.8 Å². The van der Waals surface area contributed by atoms with Gasteiger partial charge < -0.3 is 5.11 Å². The molecule has 0 amide bonds. The van der Waals surface area contributed by atoms with Gasteiger partial charge in [0, 0.05) is 16.6 Å². The van der Waals surface area contributed by atoms with E-state index in [0.29, 0.717) is 5.56 Å². The zero-order valence-electron chi connectivity index (χ0n) is 12.5. The zero-order valence-corrected chi connectivity index (χ0v) is 12.5. The van der Waals surface area contributed by atoms with Crippen molar-refractivity contribution in [1.29, 1.82) is 0 Å². The third kappa shape index (κ3) is 2.76. The molecule has 2 N–H and O–H groups in total. The van der Waals surface area contributed by atoms with E-state index in [4.69, 9.17) is 0 Å². The second kappa shape index (κ2) is 5.85. The Balaban J connectivity index is 1.96. The van der Waals surface area contributed by atoms with Gasteiger partial charge in [0.2, 0.25) is 0 Å². The molecule has 0 saturated heterocycles. The number of nitrogens with one attached hydrogen (secondary N) is 1. The summed E-state index contributed by atoms with van der Waals surface area (Å²) in [5.74, 6) is 0.208. The fourth-order valence-electron chi connectivity index (χ4n) is 2.46. The van der Waals surface area contributed by atoms with Crippen molar-refractivity contribution in [1.82, 2.24) is 4.98 Å². The standard InChI is InChI=1S/C18H17N3O/c1-12-6-5-8-15-18(12)16(10-13(2)20-15)21-19-11-14-7-3-4-9-17(14)22/h3-11,22H,1-2H3,(H,20,21)/b19-11+. The number of hydrogen-bond donors (Lipinski definition) is 2. The van der Waals surface area contributed by atoms with E-state index < -0.39 is 0 Å². The Morgan fingerprint density at radius 1 is 1.09 bits per heavy atom. The van der Waals surface area contributed by atoms with Crippen molar-refractivity contribution in [3.63, 3.8) is 0 Å². The van der Waals surface area contributed by atoms with Gasteiger partial charge in [0.15, 0.2) is 0 Å². The number of para-hydroxylation sites is 1. The number of hydrazone groups is 1. The summed E-state index contributed by atoms with van der Waals surface area (Å²) in [6.45, 7) is 4.01. The second-order valence-electron chi connectivity index (χ2n) is 5.21. The molecule has 0 fully saturated rings. The van der Waals surface area contributed by atoms with Crippen molar-refractivity contribution in [3.8, 4) is 5.75 Å². The first-order valence-electron chi connectivity index (χ1n) is 7.09. The minimum Gasteiger partial charge on any atom is -0.507 e. The van der Waals surface area contributed by atoms with Crippen molar-refractivity contribution in [2.24, 2.45) is 5.10 Å². The number of fused-ring (bicyclic) bond motifs is 1. The summed E-state index contributed by atoms with van der Waals surface area (Å²) in [5, 5.41) is 15.0. The molecule has 0 aliphatic heterocycles. The van der Waals surface area contributed by atoms with Gasteiger partial charge in [-0.15, -0.1) is 0 Å². The van der Waals surface area contributed by atoms with Gasteiger partial charge >= 0.3 is 0 Å². The molecule has 0 atom stereocenters. The van der Waals surface area contributed by atoms with Crippen LogP contribution in [0.1, 0.15) is 16.8 Å². The van der Waals surface area contributed by atoms with Crippen molar-refractivity contribution in [3.05, 3.63) is 65.4 Å².